The minimum atomic E-state index is -1.17. The smallest absolute Gasteiger partial charge is 0.325 e. The second-order valence-electron chi connectivity index (χ2n) is 3.52. The van der Waals surface area contributed by atoms with Crippen molar-refractivity contribution >= 4 is 11.9 Å². The normalized spacial score (nSPS) is 11.9. The molecule has 0 radical (unpaired) electrons. The Morgan fingerprint density at radius 3 is 2.62 bits per heavy atom. The highest BCUT2D eigenvalue weighted by Gasteiger charge is 2.17. The van der Waals surface area contributed by atoms with E-state index in [1.54, 1.807) is 6.92 Å². The molecular formula is C11H12FNO3. The van der Waals surface area contributed by atoms with E-state index in [-0.39, 0.29) is 5.56 Å². The maximum Gasteiger partial charge on any atom is 0.325 e. The summed E-state index contributed by atoms with van der Waals surface area (Å²) in [6, 6.07) is 3.04. The molecule has 0 aliphatic carbocycles. The maximum atomic E-state index is 13.3. The van der Waals surface area contributed by atoms with Crippen LogP contribution in [0.1, 0.15) is 22.8 Å². The standard InChI is InChI=1S/C11H12FNO3/c1-6-3-4-9(12)8(5-6)10(14)13-7(2)11(15)16/h3-5,7H,1-2H3,(H,13,14)(H,15,16). The molecule has 1 atom stereocenters. The first-order valence-corrected chi connectivity index (χ1v) is 4.71. The molecular weight excluding hydrogens is 213 g/mol. The molecule has 2 N–H and O–H groups in total. The van der Waals surface area contributed by atoms with Crippen molar-refractivity contribution in [1.82, 2.24) is 5.32 Å². The summed E-state index contributed by atoms with van der Waals surface area (Å²) in [6.45, 7) is 3.03. The van der Waals surface area contributed by atoms with Crippen LogP contribution in [0, 0.1) is 12.7 Å². The van der Waals surface area contributed by atoms with Crippen molar-refractivity contribution in [3.63, 3.8) is 0 Å². The summed E-state index contributed by atoms with van der Waals surface area (Å²) >= 11 is 0. The summed E-state index contributed by atoms with van der Waals surface area (Å²) in [5, 5.41) is 10.8. The van der Waals surface area contributed by atoms with Gasteiger partial charge in [-0.3, -0.25) is 9.59 Å². The first kappa shape index (κ1) is 12.2. The van der Waals surface area contributed by atoms with E-state index in [9.17, 15) is 14.0 Å². The molecule has 5 heteroatoms. The third kappa shape index (κ3) is 2.79. The fourth-order valence-electron chi connectivity index (χ4n) is 1.15. The van der Waals surface area contributed by atoms with Gasteiger partial charge in [-0.05, 0) is 26.0 Å². The van der Waals surface area contributed by atoms with Crippen LogP contribution in [0.3, 0.4) is 0 Å². The molecule has 0 spiro atoms. The van der Waals surface area contributed by atoms with Crippen LogP contribution in [0.4, 0.5) is 4.39 Å². The molecule has 0 heterocycles. The molecule has 1 amide bonds. The molecule has 1 aromatic carbocycles. The number of carbonyl (C=O) groups is 2. The third-order valence-electron chi connectivity index (χ3n) is 2.08. The van der Waals surface area contributed by atoms with Crippen molar-refractivity contribution in [3.05, 3.63) is 35.1 Å². The van der Waals surface area contributed by atoms with Gasteiger partial charge in [0.1, 0.15) is 11.9 Å². The number of carbonyl (C=O) groups excluding carboxylic acids is 1. The lowest BCUT2D eigenvalue weighted by Crippen LogP contribution is -2.38. The van der Waals surface area contributed by atoms with Crippen molar-refractivity contribution < 1.29 is 19.1 Å². The Bertz CT molecular complexity index is 431. The van der Waals surface area contributed by atoms with Gasteiger partial charge in [0, 0.05) is 0 Å². The number of halogens is 1. The Kier molecular flexibility index (Phi) is 3.60. The molecule has 86 valence electrons. The number of benzene rings is 1. The molecule has 4 nitrogen and oxygen atoms in total. The van der Waals surface area contributed by atoms with Gasteiger partial charge in [-0.1, -0.05) is 11.6 Å². The molecule has 0 fully saturated rings. The minimum absolute atomic E-state index is 0.145. The Labute approximate surface area is 92.1 Å². The Hall–Kier alpha value is -1.91. The zero-order valence-electron chi connectivity index (χ0n) is 8.95. The quantitative estimate of drug-likeness (QED) is 0.815. The lowest BCUT2D eigenvalue weighted by atomic mass is 10.1. The van der Waals surface area contributed by atoms with Crippen LogP contribution >= 0.6 is 0 Å². The monoisotopic (exact) mass is 225 g/mol. The number of hydrogen-bond acceptors (Lipinski definition) is 2. The van der Waals surface area contributed by atoms with Crippen molar-refractivity contribution in [1.29, 1.82) is 0 Å². The number of hydrogen-bond donors (Lipinski definition) is 2. The highest BCUT2D eigenvalue weighted by Crippen LogP contribution is 2.09. The van der Waals surface area contributed by atoms with Gasteiger partial charge in [0.05, 0.1) is 5.56 Å². The molecule has 0 bridgehead atoms. The molecule has 0 aliphatic heterocycles. The average molecular weight is 225 g/mol. The second-order valence-corrected chi connectivity index (χ2v) is 3.52. The van der Waals surface area contributed by atoms with Gasteiger partial charge in [0.15, 0.2) is 0 Å². The Balaban J connectivity index is 2.88. The van der Waals surface area contributed by atoms with Crippen LogP contribution in [0.5, 0.6) is 0 Å². The van der Waals surface area contributed by atoms with Crippen LogP contribution in [-0.2, 0) is 4.79 Å². The zero-order chi connectivity index (χ0) is 12.3. The number of amides is 1. The summed E-state index contributed by atoms with van der Waals surface area (Å²) in [6.07, 6.45) is 0. The van der Waals surface area contributed by atoms with Crippen LogP contribution in [0.25, 0.3) is 0 Å². The van der Waals surface area contributed by atoms with Gasteiger partial charge in [0.2, 0.25) is 0 Å². The van der Waals surface area contributed by atoms with Gasteiger partial charge in [-0.2, -0.15) is 0 Å². The Morgan fingerprint density at radius 1 is 1.44 bits per heavy atom. The minimum Gasteiger partial charge on any atom is -0.480 e. The summed E-state index contributed by atoms with van der Waals surface area (Å²) < 4.78 is 13.3. The molecule has 1 unspecified atom stereocenters. The van der Waals surface area contributed by atoms with E-state index in [1.165, 1.54) is 25.1 Å². The second kappa shape index (κ2) is 4.74. The molecule has 0 aliphatic rings. The first-order valence-electron chi connectivity index (χ1n) is 4.71. The number of carboxylic acids is 1. The van der Waals surface area contributed by atoms with Gasteiger partial charge < -0.3 is 10.4 Å². The fourth-order valence-corrected chi connectivity index (χ4v) is 1.15. The number of aliphatic carboxylic acids is 1. The van der Waals surface area contributed by atoms with Gasteiger partial charge in [0.25, 0.3) is 5.91 Å². The summed E-state index contributed by atoms with van der Waals surface area (Å²) in [7, 11) is 0. The van der Waals surface area contributed by atoms with E-state index in [2.05, 4.69) is 5.32 Å². The lowest BCUT2D eigenvalue weighted by molar-refractivity contribution is -0.138. The largest absolute Gasteiger partial charge is 0.480 e. The highest BCUT2D eigenvalue weighted by atomic mass is 19.1. The average Bonchev–Trinajstić information content (AvgIpc) is 2.21. The van der Waals surface area contributed by atoms with Crippen molar-refractivity contribution in [2.45, 2.75) is 19.9 Å². The molecule has 1 rings (SSSR count). The van der Waals surface area contributed by atoms with Crippen LogP contribution in [0.15, 0.2) is 18.2 Å². The number of nitrogens with one attached hydrogen (secondary N) is 1. The van der Waals surface area contributed by atoms with E-state index in [0.717, 1.165) is 5.56 Å². The predicted molar refractivity (Wildman–Crippen MR) is 55.7 cm³/mol. The third-order valence-corrected chi connectivity index (χ3v) is 2.08. The van der Waals surface area contributed by atoms with Crippen LogP contribution in [-0.4, -0.2) is 23.0 Å². The van der Waals surface area contributed by atoms with Gasteiger partial charge in [-0.15, -0.1) is 0 Å². The highest BCUT2D eigenvalue weighted by molar-refractivity contribution is 5.96. The van der Waals surface area contributed by atoms with E-state index in [4.69, 9.17) is 5.11 Å². The van der Waals surface area contributed by atoms with Crippen LogP contribution < -0.4 is 5.32 Å². The fraction of sp³-hybridized carbons (Fsp3) is 0.273. The number of rotatable bonds is 3. The zero-order valence-corrected chi connectivity index (χ0v) is 8.95. The van der Waals surface area contributed by atoms with Gasteiger partial charge >= 0.3 is 5.97 Å². The van der Waals surface area contributed by atoms with Gasteiger partial charge in [-0.25, -0.2) is 4.39 Å². The van der Waals surface area contributed by atoms with Crippen molar-refractivity contribution in [2.75, 3.05) is 0 Å². The van der Waals surface area contributed by atoms with Crippen molar-refractivity contribution in [2.24, 2.45) is 0 Å². The van der Waals surface area contributed by atoms with E-state index in [0.29, 0.717) is 0 Å². The summed E-state index contributed by atoms with van der Waals surface area (Å²) in [4.78, 5) is 22.0. The van der Waals surface area contributed by atoms with Crippen molar-refractivity contribution in [3.8, 4) is 0 Å². The summed E-state index contributed by atoms with van der Waals surface area (Å²) in [5.74, 6) is -2.56. The predicted octanol–water partition coefficient (Wildman–Crippen LogP) is 1.34. The number of aryl methyl sites for hydroxylation is 1. The van der Waals surface area contributed by atoms with E-state index < -0.39 is 23.7 Å². The molecule has 0 saturated carbocycles. The first-order chi connectivity index (χ1) is 7.41. The maximum absolute atomic E-state index is 13.3. The van der Waals surface area contributed by atoms with E-state index >= 15 is 0 Å². The molecule has 1 aromatic rings. The Morgan fingerprint density at radius 2 is 2.06 bits per heavy atom. The topological polar surface area (TPSA) is 66.4 Å². The SMILES string of the molecule is Cc1ccc(F)c(C(=O)NC(C)C(=O)O)c1. The summed E-state index contributed by atoms with van der Waals surface area (Å²) in [5.41, 5.74) is 0.586. The van der Waals surface area contributed by atoms with Crippen LogP contribution in [0.2, 0.25) is 0 Å². The number of carboxylic acid groups (broad SMARTS) is 1. The molecule has 0 aromatic heterocycles. The molecule has 0 saturated heterocycles. The molecule has 16 heavy (non-hydrogen) atoms. The van der Waals surface area contributed by atoms with E-state index in [1.807, 2.05) is 0 Å². The lowest BCUT2D eigenvalue weighted by Gasteiger charge is -2.10.